The summed E-state index contributed by atoms with van der Waals surface area (Å²) in [4.78, 5) is 11.4. The van der Waals surface area contributed by atoms with E-state index in [4.69, 9.17) is 9.47 Å². The van der Waals surface area contributed by atoms with E-state index in [0.29, 0.717) is 16.6 Å². The second-order valence-corrected chi connectivity index (χ2v) is 3.58. The molecule has 0 aliphatic rings. The van der Waals surface area contributed by atoms with E-state index < -0.39 is 5.97 Å². The van der Waals surface area contributed by atoms with Gasteiger partial charge in [0.15, 0.2) is 11.5 Å². The average molecular weight is 275 g/mol. The van der Waals surface area contributed by atoms with Crippen LogP contribution < -0.4 is 4.74 Å². The fourth-order valence-electron chi connectivity index (χ4n) is 1.06. The Balaban J connectivity index is 3.10. The largest absolute Gasteiger partial charge is 0.503 e. The molecule has 1 aromatic carbocycles. The first kappa shape index (κ1) is 11.8. The third-order valence-corrected chi connectivity index (χ3v) is 2.36. The molecule has 0 heterocycles. The minimum absolute atomic E-state index is 0.0365. The number of phenols is 1. The molecule has 1 rings (SSSR count). The molecular weight excluding hydrogens is 264 g/mol. The summed E-state index contributed by atoms with van der Waals surface area (Å²) in [5.41, 5.74) is 0.332. The van der Waals surface area contributed by atoms with E-state index in [1.807, 2.05) is 0 Å². The number of aromatic hydroxyl groups is 1. The summed E-state index contributed by atoms with van der Waals surface area (Å²) >= 11 is 3.12. The van der Waals surface area contributed by atoms with Crippen LogP contribution in [0.15, 0.2) is 16.6 Å². The highest BCUT2D eigenvalue weighted by molar-refractivity contribution is 9.10. The Morgan fingerprint density at radius 3 is 2.73 bits per heavy atom. The van der Waals surface area contributed by atoms with Gasteiger partial charge in [0.25, 0.3) is 0 Å². The zero-order valence-corrected chi connectivity index (χ0v) is 10.00. The molecule has 0 spiro atoms. The highest BCUT2D eigenvalue weighted by Gasteiger charge is 2.13. The zero-order valence-electron chi connectivity index (χ0n) is 8.41. The molecule has 0 aromatic heterocycles. The Kier molecular flexibility index (Phi) is 3.96. The number of esters is 1. The number of hydrogen-bond acceptors (Lipinski definition) is 4. The molecule has 0 saturated carbocycles. The van der Waals surface area contributed by atoms with Gasteiger partial charge in [0, 0.05) is 0 Å². The van der Waals surface area contributed by atoms with Gasteiger partial charge in [-0.2, -0.15) is 0 Å². The van der Waals surface area contributed by atoms with Crippen LogP contribution in [-0.2, 0) is 4.74 Å². The number of carbonyl (C=O) groups excluding carboxylic acids is 1. The predicted molar refractivity (Wildman–Crippen MR) is 58.3 cm³/mol. The quantitative estimate of drug-likeness (QED) is 0.860. The van der Waals surface area contributed by atoms with Crippen LogP contribution in [0.3, 0.4) is 0 Å². The lowest BCUT2D eigenvalue weighted by Gasteiger charge is -2.08. The van der Waals surface area contributed by atoms with E-state index in [1.54, 1.807) is 6.92 Å². The number of hydrogen-bond donors (Lipinski definition) is 1. The molecular formula is C10H11BrO4. The summed E-state index contributed by atoms with van der Waals surface area (Å²) < 4.78 is 10.1. The van der Waals surface area contributed by atoms with Crippen LogP contribution in [0.1, 0.15) is 17.3 Å². The van der Waals surface area contributed by atoms with E-state index in [1.165, 1.54) is 19.2 Å². The number of rotatable bonds is 3. The summed E-state index contributed by atoms with van der Waals surface area (Å²) in [6, 6.07) is 2.91. The molecule has 82 valence electrons. The maximum Gasteiger partial charge on any atom is 0.338 e. The van der Waals surface area contributed by atoms with Crippen molar-refractivity contribution in [2.75, 3.05) is 13.7 Å². The van der Waals surface area contributed by atoms with Gasteiger partial charge in [-0.3, -0.25) is 0 Å². The first-order valence-electron chi connectivity index (χ1n) is 4.33. The van der Waals surface area contributed by atoms with Crippen molar-refractivity contribution in [1.82, 2.24) is 0 Å². The highest BCUT2D eigenvalue weighted by atomic mass is 79.9. The monoisotopic (exact) mass is 274 g/mol. The van der Waals surface area contributed by atoms with E-state index in [-0.39, 0.29) is 11.5 Å². The van der Waals surface area contributed by atoms with Crippen LogP contribution in [0.5, 0.6) is 11.5 Å². The van der Waals surface area contributed by atoms with Gasteiger partial charge in [-0.05, 0) is 35.0 Å². The maximum absolute atomic E-state index is 11.4. The molecule has 0 bridgehead atoms. The lowest BCUT2D eigenvalue weighted by Crippen LogP contribution is -2.04. The minimum Gasteiger partial charge on any atom is -0.503 e. The summed E-state index contributed by atoms with van der Waals surface area (Å²) in [5, 5.41) is 9.51. The molecule has 0 amide bonds. The molecule has 0 unspecified atom stereocenters. The van der Waals surface area contributed by atoms with Crippen molar-refractivity contribution in [3.8, 4) is 11.5 Å². The molecule has 0 aliphatic heterocycles. The van der Waals surface area contributed by atoms with Crippen LogP contribution in [0.25, 0.3) is 0 Å². The van der Waals surface area contributed by atoms with E-state index >= 15 is 0 Å². The Morgan fingerprint density at radius 2 is 2.20 bits per heavy atom. The molecule has 0 fully saturated rings. The van der Waals surface area contributed by atoms with Gasteiger partial charge >= 0.3 is 5.97 Å². The van der Waals surface area contributed by atoms with E-state index in [9.17, 15) is 9.90 Å². The second-order valence-electron chi connectivity index (χ2n) is 2.73. The van der Waals surface area contributed by atoms with Crippen molar-refractivity contribution in [3.05, 3.63) is 22.2 Å². The zero-order chi connectivity index (χ0) is 11.4. The van der Waals surface area contributed by atoms with Crippen molar-refractivity contribution in [1.29, 1.82) is 0 Å². The Labute approximate surface area is 95.9 Å². The standard InChI is InChI=1S/C10H11BrO4/c1-3-15-10(13)6-4-7(11)9(12)8(5-6)14-2/h4-5,12H,3H2,1-2H3. The van der Waals surface area contributed by atoms with Crippen LogP contribution in [0, 0.1) is 0 Å². The summed E-state index contributed by atoms with van der Waals surface area (Å²) in [5.74, 6) is -0.255. The molecule has 4 nitrogen and oxygen atoms in total. The van der Waals surface area contributed by atoms with Crippen molar-refractivity contribution in [3.63, 3.8) is 0 Å². The predicted octanol–water partition coefficient (Wildman–Crippen LogP) is 2.34. The summed E-state index contributed by atoms with van der Waals surface area (Å²) in [6.45, 7) is 2.03. The van der Waals surface area contributed by atoms with Crippen LogP contribution in [0.4, 0.5) is 0 Å². The normalized spacial score (nSPS) is 9.80. The van der Waals surface area contributed by atoms with Gasteiger partial charge in [-0.1, -0.05) is 0 Å². The van der Waals surface area contributed by atoms with Crippen molar-refractivity contribution >= 4 is 21.9 Å². The first-order valence-corrected chi connectivity index (χ1v) is 5.13. The minimum atomic E-state index is -0.448. The highest BCUT2D eigenvalue weighted by Crippen LogP contribution is 2.35. The fraction of sp³-hybridized carbons (Fsp3) is 0.300. The third-order valence-electron chi connectivity index (χ3n) is 1.76. The van der Waals surface area contributed by atoms with E-state index in [0.717, 1.165) is 0 Å². The van der Waals surface area contributed by atoms with Crippen LogP contribution in [0.2, 0.25) is 0 Å². The number of phenolic OH excluding ortho intramolecular Hbond substituents is 1. The Hall–Kier alpha value is -1.23. The Morgan fingerprint density at radius 1 is 1.53 bits per heavy atom. The van der Waals surface area contributed by atoms with Gasteiger partial charge in [-0.25, -0.2) is 4.79 Å². The van der Waals surface area contributed by atoms with Gasteiger partial charge in [0.05, 0.1) is 23.8 Å². The molecule has 1 N–H and O–H groups in total. The number of benzene rings is 1. The number of carbonyl (C=O) groups is 1. The molecule has 1 aromatic rings. The van der Waals surface area contributed by atoms with Crippen molar-refractivity contribution in [2.45, 2.75) is 6.92 Å². The topological polar surface area (TPSA) is 55.8 Å². The number of methoxy groups -OCH3 is 1. The molecule has 0 radical (unpaired) electrons. The summed E-state index contributed by atoms with van der Waals surface area (Å²) in [6.07, 6.45) is 0. The SMILES string of the molecule is CCOC(=O)c1cc(Br)c(O)c(OC)c1. The lowest BCUT2D eigenvalue weighted by molar-refractivity contribution is 0.0526. The first-order chi connectivity index (χ1) is 7.10. The van der Waals surface area contributed by atoms with Crippen molar-refractivity contribution in [2.24, 2.45) is 0 Å². The third kappa shape index (κ3) is 2.62. The van der Waals surface area contributed by atoms with Crippen LogP contribution in [-0.4, -0.2) is 24.8 Å². The van der Waals surface area contributed by atoms with Gasteiger partial charge in [0.2, 0.25) is 0 Å². The molecule has 5 heteroatoms. The van der Waals surface area contributed by atoms with Gasteiger partial charge in [0.1, 0.15) is 0 Å². The number of halogens is 1. The molecule has 0 saturated heterocycles. The number of ether oxygens (including phenoxy) is 2. The molecule has 15 heavy (non-hydrogen) atoms. The lowest BCUT2D eigenvalue weighted by atomic mass is 10.2. The Bertz CT molecular complexity index is 376. The smallest absolute Gasteiger partial charge is 0.338 e. The maximum atomic E-state index is 11.4. The molecule has 0 atom stereocenters. The second kappa shape index (κ2) is 5.02. The van der Waals surface area contributed by atoms with Crippen molar-refractivity contribution < 1.29 is 19.4 Å². The van der Waals surface area contributed by atoms with Crippen LogP contribution >= 0.6 is 15.9 Å². The fourth-order valence-corrected chi connectivity index (χ4v) is 1.50. The van der Waals surface area contributed by atoms with E-state index in [2.05, 4.69) is 15.9 Å². The average Bonchev–Trinajstić information content (AvgIpc) is 2.22. The van der Waals surface area contributed by atoms with Gasteiger partial charge < -0.3 is 14.6 Å². The summed E-state index contributed by atoms with van der Waals surface area (Å²) in [7, 11) is 1.41. The van der Waals surface area contributed by atoms with Gasteiger partial charge in [-0.15, -0.1) is 0 Å². The molecule has 0 aliphatic carbocycles.